The molecule has 0 aliphatic heterocycles. The quantitative estimate of drug-likeness (QED) is 0.329. The fourth-order valence-corrected chi connectivity index (χ4v) is 2.31. The van der Waals surface area contributed by atoms with Crippen molar-refractivity contribution in [3.05, 3.63) is 0 Å². The van der Waals surface area contributed by atoms with E-state index in [1.54, 1.807) is 13.8 Å². The third-order valence-electron chi connectivity index (χ3n) is 3.50. The molecule has 20 heavy (non-hydrogen) atoms. The van der Waals surface area contributed by atoms with Crippen LogP contribution in [0.5, 0.6) is 0 Å². The second-order valence-corrected chi connectivity index (χ2v) is 5.08. The molecule has 0 unspecified atom stereocenters. The predicted octanol–water partition coefficient (Wildman–Crippen LogP) is 3.87. The highest BCUT2D eigenvalue weighted by atomic mass is 16.6. The van der Waals surface area contributed by atoms with Crippen molar-refractivity contribution in [1.82, 2.24) is 0 Å². The molecule has 0 saturated heterocycles. The van der Waals surface area contributed by atoms with Crippen LogP contribution in [0.4, 0.5) is 0 Å². The molecular formula is C16H30O4. The van der Waals surface area contributed by atoms with Gasteiger partial charge in [0.2, 0.25) is 0 Å². The molecule has 0 fully saturated rings. The minimum absolute atomic E-state index is 0.292. The van der Waals surface area contributed by atoms with Gasteiger partial charge in [0.05, 0.1) is 13.2 Å². The number of hydrogen-bond donors (Lipinski definition) is 0. The van der Waals surface area contributed by atoms with Crippen molar-refractivity contribution < 1.29 is 19.1 Å². The zero-order valence-electron chi connectivity index (χ0n) is 13.5. The summed E-state index contributed by atoms with van der Waals surface area (Å²) in [6.07, 6.45) is 5.71. The van der Waals surface area contributed by atoms with E-state index in [2.05, 4.69) is 6.92 Å². The third-order valence-corrected chi connectivity index (χ3v) is 3.50. The number of rotatable bonds is 11. The zero-order valence-corrected chi connectivity index (χ0v) is 13.5. The largest absolute Gasteiger partial charge is 0.465 e. The maximum Gasteiger partial charge on any atom is 0.323 e. The van der Waals surface area contributed by atoms with Crippen LogP contribution in [-0.2, 0) is 19.1 Å². The molecule has 0 aliphatic carbocycles. The normalized spacial score (nSPS) is 11.2. The van der Waals surface area contributed by atoms with E-state index >= 15 is 0 Å². The number of hydrogen-bond acceptors (Lipinski definition) is 4. The number of unbranched alkanes of at least 4 members (excludes halogenated alkanes) is 3. The van der Waals surface area contributed by atoms with Crippen molar-refractivity contribution in [2.45, 2.75) is 72.6 Å². The van der Waals surface area contributed by atoms with Crippen molar-refractivity contribution in [3.63, 3.8) is 0 Å². The van der Waals surface area contributed by atoms with Gasteiger partial charge in [-0.15, -0.1) is 0 Å². The Bertz CT molecular complexity index is 268. The lowest BCUT2D eigenvalue weighted by atomic mass is 9.78. The molecule has 0 heterocycles. The number of esters is 2. The molecule has 0 aromatic carbocycles. The van der Waals surface area contributed by atoms with Gasteiger partial charge >= 0.3 is 11.9 Å². The Balaban J connectivity index is 5.14. The molecule has 0 N–H and O–H groups in total. The molecule has 0 aliphatic rings. The highest BCUT2D eigenvalue weighted by Crippen LogP contribution is 2.34. The van der Waals surface area contributed by atoms with Gasteiger partial charge in [0, 0.05) is 0 Å². The van der Waals surface area contributed by atoms with Crippen molar-refractivity contribution in [1.29, 1.82) is 0 Å². The van der Waals surface area contributed by atoms with Crippen LogP contribution in [0, 0.1) is 5.41 Å². The molecule has 0 rings (SSSR count). The second kappa shape index (κ2) is 10.7. The lowest BCUT2D eigenvalue weighted by molar-refractivity contribution is -0.173. The van der Waals surface area contributed by atoms with E-state index < -0.39 is 17.4 Å². The van der Waals surface area contributed by atoms with Crippen LogP contribution in [0.25, 0.3) is 0 Å². The Morgan fingerprint density at radius 2 is 1.20 bits per heavy atom. The number of ether oxygens (including phenoxy) is 2. The van der Waals surface area contributed by atoms with Crippen molar-refractivity contribution in [3.8, 4) is 0 Å². The fraction of sp³-hybridized carbons (Fsp3) is 0.875. The van der Waals surface area contributed by atoms with E-state index in [9.17, 15) is 9.59 Å². The summed E-state index contributed by atoms with van der Waals surface area (Å²) < 4.78 is 10.3. The van der Waals surface area contributed by atoms with Crippen LogP contribution in [0.15, 0.2) is 0 Å². The van der Waals surface area contributed by atoms with Gasteiger partial charge < -0.3 is 9.47 Å². The summed E-state index contributed by atoms with van der Waals surface area (Å²) in [4.78, 5) is 24.7. The summed E-state index contributed by atoms with van der Waals surface area (Å²) in [5, 5.41) is 0. The van der Waals surface area contributed by atoms with E-state index in [0.717, 1.165) is 32.1 Å². The van der Waals surface area contributed by atoms with Gasteiger partial charge in [0.1, 0.15) is 0 Å². The smallest absolute Gasteiger partial charge is 0.323 e. The molecule has 0 aromatic heterocycles. The van der Waals surface area contributed by atoms with Gasteiger partial charge in [-0.25, -0.2) is 0 Å². The molecule has 0 atom stereocenters. The number of carbonyl (C=O) groups is 2. The molecule has 118 valence electrons. The summed E-state index contributed by atoms with van der Waals surface area (Å²) in [5.41, 5.74) is -1.10. The molecule has 0 amide bonds. The minimum atomic E-state index is -1.10. The Morgan fingerprint density at radius 3 is 1.60 bits per heavy atom. The predicted molar refractivity (Wildman–Crippen MR) is 79.4 cm³/mol. The lowest BCUT2D eigenvalue weighted by Crippen LogP contribution is -2.42. The highest BCUT2D eigenvalue weighted by molar-refractivity contribution is 6.00. The summed E-state index contributed by atoms with van der Waals surface area (Å²) in [7, 11) is 0. The fourth-order valence-electron chi connectivity index (χ4n) is 2.31. The molecule has 0 radical (unpaired) electrons. The highest BCUT2D eigenvalue weighted by Gasteiger charge is 2.47. The Kier molecular flexibility index (Phi) is 10.1. The Labute approximate surface area is 123 Å². The average molecular weight is 286 g/mol. The van der Waals surface area contributed by atoms with Crippen LogP contribution in [0.1, 0.15) is 72.6 Å². The standard InChI is InChI=1S/C16H30O4/c1-5-9-11-13-16(12-10-6-2,14(17)19-7-3)15(18)20-8-4/h5-13H2,1-4H3. The van der Waals surface area contributed by atoms with Crippen LogP contribution >= 0.6 is 0 Å². The zero-order chi connectivity index (χ0) is 15.4. The first-order valence-corrected chi connectivity index (χ1v) is 7.93. The van der Waals surface area contributed by atoms with E-state index in [1.807, 2.05) is 6.92 Å². The van der Waals surface area contributed by atoms with Crippen molar-refractivity contribution in [2.75, 3.05) is 13.2 Å². The van der Waals surface area contributed by atoms with Gasteiger partial charge in [-0.1, -0.05) is 46.0 Å². The van der Waals surface area contributed by atoms with Gasteiger partial charge in [0.25, 0.3) is 0 Å². The molecule has 4 heteroatoms. The van der Waals surface area contributed by atoms with Gasteiger partial charge in [-0.3, -0.25) is 9.59 Å². The van der Waals surface area contributed by atoms with Crippen LogP contribution in [0.3, 0.4) is 0 Å². The minimum Gasteiger partial charge on any atom is -0.465 e. The van der Waals surface area contributed by atoms with E-state index in [-0.39, 0.29) is 0 Å². The third kappa shape index (κ3) is 5.51. The molecule has 0 spiro atoms. The molecule has 0 saturated carbocycles. The Hall–Kier alpha value is -1.06. The first kappa shape index (κ1) is 18.9. The SMILES string of the molecule is CCCCCC(CCCC)(C(=O)OCC)C(=O)OCC. The average Bonchev–Trinajstić information content (AvgIpc) is 2.43. The van der Waals surface area contributed by atoms with Crippen molar-refractivity contribution in [2.24, 2.45) is 5.41 Å². The maximum atomic E-state index is 12.4. The molecular weight excluding hydrogens is 256 g/mol. The summed E-state index contributed by atoms with van der Waals surface area (Å²) in [6, 6.07) is 0. The van der Waals surface area contributed by atoms with Gasteiger partial charge in [0.15, 0.2) is 5.41 Å². The van der Waals surface area contributed by atoms with Crippen LogP contribution < -0.4 is 0 Å². The number of carbonyl (C=O) groups excluding carboxylic acids is 2. The summed E-state index contributed by atoms with van der Waals surface area (Å²) >= 11 is 0. The monoisotopic (exact) mass is 286 g/mol. The second-order valence-electron chi connectivity index (χ2n) is 5.08. The lowest BCUT2D eigenvalue weighted by Gasteiger charge is -2.29. The van der Waals surface area contributed by atoms with Gasteiger partial charge in [-0.2, -0.15) is 0 Å². The molecule has 0 bridgehead atoms. The summed E-state index contributed by atoms with van der Waals surface area (Å²) in [5.74, 6) is -0.828. The maximum absolute atomic E-state index is 12.4. The first-order chi connectivity index (χ1) is 9.58. The molecule has 4 nitrogen and oxygen atoms in total. The topological polar surface area (TPSA) is 52.6 Å². The Morgan fingerprint density at radius 1 is 0.750 bits per heavy atom. The summed E-state index contributed by atoms with van der Waals surface area (Å²) in [6.45, 7) is 8.26. The van der Waals surface area contributed by atoms with Crippen LogP contribution in [-0.4, -0.2) is 25.2 Å². The molecule has 0 aromatic rings. The van der Waals surface area contributed by atoms with Gasteiger partial charge in [-0.05, 0) is 26.7 Å². The van der Waals surface area contributed by atoms with E-state index in [0.29, 0.717) is 26.1 Å². The van der Waals surface area contributed by atoms with Crippen LogP contribution in [0.2, 0.25) is 0 Å². The van der Waals surface area contributed by atoms with E-state index in [1.165, 1.54) is 0 Å². The van der Waals surface area contributed by atoms with E-state index in [4.69, 9.17) is 9.47 Å². The first-order valence-electron chi connectivity index (χ1n) is 7.93. The van der Waals surface area contributed by atoms with Crippen molar-refractivity contribution >= 4 is 11.9 Å².